The monoisotopic (exact) mass is 480 g/mol. The topological polar surface area (TPSA) is 89.9 Å². The first-order valence-corrected chi connectivity index (χ1v) is 11.2. The van der Waals surface area contributed by atoms with Crippen LogP contribution in [0.4, 0.5) is 0 Å². The molecule has 1 amide bonds. The number of carbonyl (C=O) groups excluding carboxylic acids is 1. The molecule has 2 aromatic heterocycles. The van der Waals surface area contributed by atoms with Crippen LogP contribution in [0.3, 0.4) is 0 Å². The molecule has 2 aromatic carbocycles. The van der Waals surface area contributed by atoms with Gasteiger partial charge < -0.3 is 9.42 Å². The Balaban J connectivity index is 1.32. The van der Waals surface area contributed by atoms with E-state index < -0.39 is 0 Å². The van der Waals surface area contributed by atoms with E-state index in [9.17, 15) is 4.79 Å². The number of rotatable bonds is 5. The maximum Gasteiger partial charge on any atom is 0.258 e. The van der Waals surface area contributed by atoms with Crippen LogP contribution in [0.1, 0.15) is 25.7 Å². The van der Waals surface area contributed by atoms with Gasteiger partial charge in [-0.2, -0.15) is 4.98 Å². The summed E-state index contributed by atoms with van der Waals surface area (Å²) in [5, 5.41) is 12.6. The Morgan fingerprint density at radius 1 is 1.06 bits per heavy atom. The zero-order valence-electron chi connectivity index (χ0n) is 16.9. The molecule has 1 aliphatic heterocycles. The number of piperidine rings is 1. The van der Waals surface area contributed by atoms with Gasteiger partial charge in [-0.15, -0.1) is 5.10 Å². The summed E-state index contributed by atoms with van der Waals surface area (Å²) < 4.78 is 8.16. The molecular weight excluding hydrogens is 460 g/mol. The van der Waals surface area contributed by atoms with E-state index in [1.54, 1.807) is 4.68 Å². The van der Waals surface area contributed by atoms with Crippen LogP contribution in [-0.4, -0.2) is 49.0 Å². The molecule has 0 atom stereocenters. The van der Waals surface area contributed by atoms with Crippen LogP contribution in [0.5, 0.6) is 0 Å². The number of benzene rings is 2. The summed E-state index contributed by atoms with van der Waals surface area (Å²) in [4.78, 5) is 18.9. The van der Waals surface area contributed by atoms with Crippen LogP contribution >= 0.6 is 15.9 Å². The number of halogens is 1. The van der Waals surface area contributed by atoms with Crippen molar-refractivity contribution in [1.29, 1.82) is 0 Å². The molecule has 0 N–H and O–H groups in total. The molecule has 0 unspecified atom stereocenters. The van der Waals surface area contributed by atoms with E-state index in [-0.39, 0.29) is 5.91 Å². The van der Waals surface area contributed by atoms with Crippen molar-refractivity contribution in [3.63, 3.8) is 0 Å². The number of aryl methyl sites for hydroxylation is 1. The summed E-state index contributed by atoms with van der Waals surface area (Å²) in [5.41, 5.74) is 3.26. The number of carbonyl (C=O) groups is 1. The van der Waals surface area contributed by atoms with Crippen molar-refractivity contribution < 1.29 is 9.32 Å². The molecule has 0 aliphatic carbocycles. The SMILES string of the molecule is O=C(CCn1nnc2cc(-c3noc(-c4cccc(Br)c4)n3)ccc21)N1CCCCC1. The average Bonchev–Trinajstić information content (AvgIpc) is 3.45. The smallest absolute Gasteiger partial charge is 0.258 e. The molecular formula is C22H21BrN6O2. The highest BCUT2D eigenvalue weighted by Gasteiger charge is 2.17. The maximum atomic E-state index is 12.4. The third-order valence-electron chi connectivity index (χ3n) is 5.52. The highest BCUT2D eigenvalue weighted by Crippen LogP contribution is 2.26. The lowest BCUT2D eigenvalue weighted by molar-refractivity contribution is -0.132. The van der Waals surface area contributed by atoms with Gasteiger partial charge in [0, 0.05) is 35.1 Å². The van der Waals surface area contributed by atoms with Gasteiger partial charge in [0.1, 0.15) is 5.52 Å². The molecule has 5 rings (SSSR count). The third kappa shape index (κ3) is 4.23. The zero-order valence-corrected chi connectivity index (χ0v) is 18.5. The first-order chi connectivity index (χ1) is 15.2. The number of fused-ring (bicyclic) bond motifs is 1. The van der Waals surface area contributed by atoms with E-state index in [0.717, 1.165) is 52.6 Å². The molecule has 8 nitrogen and oxygen atoms in total. The van der Waals surface area contributed by atoms with Crippen molar-refractivity contribution in [2.24, 2.45) is 0 Å². The Morgan fingerprint density at radius 2 is 1.94 bits per heavy atom. The van der Waals surface area contributed by atoms with E-state index in [0.29, 0.717) is 24.7 Å². The minimum atomic E-state index is 0.187. The largest absolute Gasteiger partial charge is 0.343 e. The van der Waals surface area contributed by atoms with E-state index in [2.05, 4.69) is 36.4 Å². The standard InChI is InChI=1S/C22H21BrN6O2/c23-17-6-4-5-16(13-17)22-24-21(26-31-22)15-7-8-19-18(14-15)25-27-29(19)12-9-20(30)28-10-2-1-3-11-28/h4-8,13-14H,1-3,9-12H2. The maximum absolute atomic E-state index is 12.4. The van der Waals surface area contributed by atoms with Crippen LogP contribution in [0, 0.1) is 0 Å². The molecule has 158 valence electrons. The van der Waals surface area contributed by atoms with Gasteiger partial charge in [0.15, 0.2) is 0 Å². The summed E-state index contributed by atoms with van der Waals surface area (Å²) in [7, 11) is 0. The van der Waals surface area contributed by atoms with Crippen molar-refractivity contribution >= 4 is 32.9 Å². The van der Waals surface area contributed by atoms with Gasteiger partial charge in [-0.25, -0.2) is 4.68 Å². The minimum Gasteiger partial charge on any atom is -0.343 e. The van der Waals surface area contributed by atoms with Crippen LogP contribution in [0.25, 0.3) is 33.9 Å². The molecule has 1 aliphatic rings. The average molecular weight is 481 g/mol. The molecule has 1 fully saturated rings. The normalized spacial score (nSPS) is 14.3. The number of aromatic nitrogens is 5. The minimum absolute atomic E-state index is 0.187. The fraction of sp³-hybridized carbons (Fsp3) is 0.318. The predicted molar refractivity (Wildman–Crippen MR) is 119 cm³/mol. The number of nitrogens with zero attached hydrogens (tertiary/aromatic N) is 6. The molecule has 3 heterocycles. The van der Waals surface area contributed by atoms with Gasteiger partial charge in [-0.1, -0.05) is 32.4 Å². The summed E-state index contributed by atoms with van der Waals surface area (Å²) >= 11 is 3.45. The third-order valence-corrected chi connectivity index (χ3v) is 6.01. The van der Waals surface area contributed by atoms with Gasteiger partial charge >= 0.3 is 0 Å². The van der Waals surface area contributed by atoms with E-state index in [4.69, 9.17) is 4.52 Å². The van der Waals surface area contributed by atoms with Gasteiger partial charge in [-0.05, 0) is 55.7 Å². The molecule has 9 heteroatoms. The van der Waals surface area contributed by atoms with Gasteiger partial charge in [-0.3, -0.25) is 4.79 Å². The highest BCUT2D eigenvalue weighted by molar-refractivity contribution is 9.10. The Morgan fingerprint density at radius 3 is 2.77 bits per heavy atom. The van der Waals surface area contributed by atoms with Crippen LogP contribution in [-0.2, 0) is 11.3 Å². The molecule has 1 saturated heterocycles. The number of likely N-dealkylation sites (tertiary alicyclic amines) is 1. The molecule has 4 aromatic rings. The van der Waals surface area contributed by atoms with Crippen molar-refractivity contribution in [1.82, 2.24) is 30.0 Å². The number of amides is 1. The summed E-state index contributed by atoms with van der Waals surface area (Å²) in [6, 6.07) is 13.5. The summed E-state index contributed by atoms with van der Waals surface area (Å²) in [5.74, 6) is 1.13. The van der Waals surface area contributed by atoms with Crippen molar-refractivity contribution in [3.05, 3.63) is 46.9 Å². The lowest BCUT2D eigenvalue weighted by Crippen LogP contribution is -2.36. The molecule has 0 saturated carbocycles. The van der Waals surface area contributed by atoms with Gasteiger partial charge in [0.2, 0.25) is 11.7 Å². The summed E-state index contributed by atoms with van der Waals surface area (Å²) in [6.45, 7) is 2.25. The number of hydrogen-bond donors (Lipinski definition) is 0. The summed E-state index contributed by atoms with van der Waals surface area (Å²) in [6.07, 6.45) is 3.84. The van der Waals surface area contributed by atoms with Crippen LogP contribution < -0.4 is 0 Å². The Bertz CT molecular complexity index is 1230. The quantitative estimate of drug-likeness (QED) is 0.422. The Labute approximate surface area is 187 Å². The van der Waals surface area contributed by atoms with Gasteiger partial charge in [0.05, 0.1) is 12.1 Å². The predicted octanol–water partition coefficient (Wildman–Crippen LogP) is 4.31. The molecule has 31 heavy (non-hydrogen) atoms. The lowest BCUT2D eigenvalue weighted by atomic mass is 10.1. The highest BCUT2D eigenvalue weighted by atomic mass is 79.9. The fourth-order valence-corrected chi connectivity index (χ4v) is 4.26. The van der Waals surface area contributed by atoms with E-state index in [1.807, 2.05) is 47.4 Å². The van der Waals surface area contributed by atoms with Crippen molar-refractivity contribution in [2.45, 2.75) is 32.2 Å². The van der Waals surface area contributed by atoms with E-state index >= 15 is 0 Å². The second-order valence-electron chi connectivity index (χ2n) is 7.64. The Kier molecular flexibility index (Phi) is 5.50. The first-order valence-electron chi connectivity index (χ1n) is 10.4. The molecule has 0 radical (unpaired) electrons. The van der Waals surface area contributed by atoms with Crippen molar-refractivity contribution in [2.75, 3.05) is 13.1 Å². The van der Waals surface area contributed by atoms with Gasteiger partial charge in [0.25, 0.3) is 5.89 Å². The first kappa shape index (κ1) is 19.9. The van der Waals surface area contributed by atoms with Crippen molar-refractivity contribution in [3.8, 4) is 22.8 Å². The fourth-order valence-electron chi connectivity index (χ4n) is 3.86. The van der Waals surface area contributed by atoms with Crippen LogP contribution in [0.15, 0.2) is 51.5 Å². The lowest BCUT2D eigenvalue weighted by Gasteiger charge is -2.26. The van der Waals surface area contributed by atoms with Crippen LogP contribution in [0.2, 0.25) is 0 Å². The number of hydrogen-bond acceptors (Lipinski definition) is 6. The Hall–Kier alpha value is -3.07. The zero-order chi connectivity index (χ0) is 21.2. The van der Waals surface area contributed by atoms with E-state index in [1.165, 1.54) is 6.42 Å². The molecule has 0 spiro atoms. The molecule has 0 bridgehead atoms. The second kappa shape index (κ2) is 8.58. The second-order valence-corrected chi connectivity index (χ2v) is 8.56.